The first-order chi connectivity index (χ1) is 12.8. The molecule has 0 spiro atoms. The summed E-state index contributed by atoms with van der Waals surface area (Å²) in [6.07, 6.45) is 3.76. The van der Waals surface area contributed by atoms with Crippen LogP contribution in [-0.4, -0.2) is 35.5 Å². The monoisotopic (exact) mass is 432 g/mol. The van der Waals surface area contributed by atoms with Crippen molar-refractivity contribution in [1.82, 2.24) is 0 Å². The highest BCUT2D eigenvalue weighted by molar-refractivity contribution is 6.53. The molecule has 0 aromatic rings. The molecule has 5 heteroatoms. The van der Waals surface area contributed by atoms with E-state index in [4.69, 9.17) is 17.7 Å². The third kappa shape index (κ3) is 18.5. The van der Waals surface area contributed by atoms with Crippen molar-refractivity contribution in [3.05, 3.63) is 0 Å². The zero-order valence-electron chi connectivity index (χ0n) is 21.8. The molecule has 0 rings (SSSR count). The molecular weight excluding hydrogens is 380 g/mol. The molecule has 0 aromatic heterocycles. The minimum atomic E-state index is -3.19. The maximum atomic E-state index is 6.32. The molecule has 0 N–H and O–H groups in total. The van der Waals surface area contributed by atoms with Crippen LogP contribution in [0.4, 0.5) is 0 Å². The summed E-state index contributed by atoms with van der Waals surface area (Å²) in [5, 5.41) is 0. The lowest BCUT2D eigenvalue weighted by atomic mass is 9.93. The minimum absolute atomic E-state index is 0.197. The van der Waals surface area contributed by atoms with Gasteiger partial charge in [0.25, 0.3) is 0 Å². The first kappa shape index (κ1) is 29.1. The Bertz CT molecular complexity index is 350. The smallest absolute Gasteiger partial charge is 0.351 e. The van der Waals surface area contributed by atoms with Gasteiger partial charge in [0.05, 0.1) is 0 Å². The maximum Gasteiger partial charge on any atom is 0.679 e. The van der Waals surface area contributed by atoms with E-state index in [9.17, 15) is 0 Å². The Hall–Kier alpha value is 0.0569. The Morgan fingerprint density at radius 1 is 0.379 bits per heavy atom. The van der Waals surface area contributed by atoms with Crippen LogP contribution in [0.1, 0.15) is 109 Å². The van der Waals surface area contributed by atoms with E-state index in [1.807, 2.05) is 0 Å². The SMILES string of the molecule is CC(C)(C)CCO[Si](OCCC(C)(C)C)(OCCC(C)(C)C)OCCC(C)(C)C. The Balaban J connectivity index is 5.26. The van der Waals surface area contributed by atoms with E-state index < -0.39 is 9.05 Å². The summed E-state index contributed by atoms with van der Waals surface area (Å²) in [4.78, 5) is 0. The lowest BCUT2D eigenvalue weighted by molar-refractivity contribution is -0.0478. The maximum absolute atomic E-state index is 6.32. The second-order valence-corrected chi connectivity index (χ2v) is 15.3. The van der Waals surface area contributed by atoms with Crippen LogP contribution in [0.3, 0.4) is 0 Å². The molecule has 0 aliphatic carbocycles. The van der Waals surface area contributed by atoms with E-state index in [-0.39, 0.29) is 21.7 Å². The lowest BCUT2D eigenvalue weighted by Gasteiger charge is -2.32. The van der Waals surface area contributed by atoms with E-state index in [0.29, 0.717) is 26.4 Å². The van der Waals surface area contributed by atoms with Crippen LogP contribution in [0.15, 0.2) is 0 Å². The molecule has 0 amide bonds. The molecule has 0 bridgehead atoms. The second kappa shape index (κ2) is 11.6. The highest BCUT2D eigenvalue weighted by Gasteiger charge is 2.46. The zero-order chi connectivity index (χ0) is 23.0. The van der Waals surface area contributed by atoms with Crippen LogP contribution in [0.25, 0.3) is 0 Å². The molecule has 0 fully saturated rings. The fourth-order valence-corrected chi connectivity index (χ4v) is 4.09. The number of hydrogen-bond acceptors (Lipinski definition) is 4. The Labute approximate surface area is 183 Å². The average Bonchev–Trinajstić information content (AvgIpc) is 2.41. The average molecular weight is 433 g/mol. The van der Waals surface area contributed by atoms with Crippen molar-refractivity contribution in [2.75, 3.05) is 26.4 Å². The summed E-state index contributed by atoms with van der Waals surface area (Å²) in [6, 6.07) is 0. The third-order valence-corrected chi connectivity index (χ3v) is 6.75. The number of rotatable bonds is 12. The third-order valence-electron chi connectivity index (χ3n) is 4.52. The predicted octanol–water partition coefficient (Wildman–Crippen LogP) is 7.23. The van der Waals surface area contributed by atoms with Crippen LogP contribution in [0, 0.1) is 21.7 Å². The van der Waals surface area contributed by atoms with Gasteiger partial charge in [-0.2, -0.15) is 0 Å². The lowest BCUT2D eigenvalue weighted by Crippen LogP contribution is -2.51. The quantitative estimate of drug-likeness (QED) is 0.305. The van der Waals surface area contributed by atoms with Crippen LogP contribution in [0.5, 0.6) is 0 Å². The van der Waals surface area contributed by atoms with Gasteiger partial charge in [0.15, 0.2) is 0 Å². The van der Waals surface area contributed by atoms with Gasteiger partial charge < -0.3 is 17.7 Å². The fraction of sp³-hybridized carbons (Fsp3) is 1.00. The normalized spacial score (nSPS) is 14.5. The van der Waals surface area contributed by atoms with Crippen LogP contribution in [-0.2, 0) is 17.7 Å². The van der Waals surface area contributed by atoms with Crippen molar-refractivity contribution in [2.45, 2.75) is 109 Å². The van der Waals surface area contributed by atoms with E-state index in [1.165, 1.54) is 0 Å². The topological polar surface area (TPSA) is 36.9 Å². The molecular formula is C24H52O4Si. The number of hydrogen-bond donors (Lipinski definition) is 0. The summed E-state index contributed by atoms with van der Waals surface area (Å²) in [5.41, 5.74) is 0.787. The first-order valence-electron chi connectivity index (χ1n) is 11.4. The molecule has 0 aliphatic rings. The van der Waals surface area contributed by atoms with Crippen LogP contribution in [0.2, 0.25) is 0 Å². The molecule has 0 unspecified atom stereocenters. The standard InChI is InChI=1S/C24H52O4Si/c1-21(2,3)13-17-25-29(26-18-14-22(4,5)6,27-19-15-23(7,8)9)28-20-16-24(10,11)12/h13-20H2,1-12H3. The van der Waals surface area contributed by atoms with Gasteiger partial charge in [0, 0.05) is 26.4 Å². The molecule has 0 aromatic carbocycles. The van der Waals surface area contributed by atoms with E-state index >= 15 is 0 Å². The van der Waals surface area contributed by atoms with Crippen molar-refractivity contribution >= 4 is 9.05 Å². The van der Waals surface area contributed by atoms with Gasteiger partial charge in [-0.25, -0.2) is 0 Å². The molecule has 176 valence electrons. The van der Waals surface area contributed by atoms with Crippen molar-refractivity contribution in [1.29, 1.82) is 0 Å². The van der Waals surface area contributed by atoms with Crippen molar-refractivity contribution in [3.8, 4) is 0 Å². The highest BCUT2D eigenvalue weighted by atomic mass is 28.4. The summed E-state index contributed by atoms with van der Waals surface area (Å²) in [5.74, 6) is 0. The van der Waals surface area contributed by atoms with Crippen molar-refractivity contribution in [3.63, 3.8) is 0 Å². The van der Waals surface area contributed by atoms with E-state index in [2.05, 4.69) is 83.1 Å². The molecule has 0 heterocycles. The van der Waals surface area contributed by atoms with Gasteiger partial charge in [-0.15, -0.1) is 0 Å². The summed E-state index contributed by atoms with van der Waals surface area (Å²) in [7, 11) is -3.19. The molecule has 0 aliphatic heterocycles. The van der Waals surface area contributed by atoms with E-state index in [0.717, 1.165) is 25.7 Å². The zero-order valence-corrected chi connectivity index (χ0v) is 22.8. The molecule has 0 radical (unpaired) electrons. The minimum Gasteiger partial charge on any atom is -0.351 e. The highest BCUT2D eigenvalue weighted by Crippen LogP contribution is 2.26. The Morgan fingerprint density at radius 3 is 0.690 bits per heavy atom. The molecule has 0 atom stereocenters. The van der Waals surface area contributed by atoms with Crippen LogP contribution >= 0.6 is 0 Å². The van der Waals surface area contributed by atoms with Gasteiger partial charge in [-0.1, -0.05) is 83.1 Å². The Kier molecular flexibility index (Phi) is 11.6. The second-order valence-electron chi connectivity index (χ2n) is 13.1. The van der Waals surface area contributed by atoms with Crippen molar-refractivity contribution in [2.24, 2.45) is 21.7 Å². The van der Waals surface area contributed by atoms with E-state index in [1.54, 1.807) is 0 Å². The fourth-order valence-electron chi connectivity index (χ4n) is 2.18. The Morgan fingerprint density at radius 2 is 0.552 bits per heavy atom. The molecule has 4 nitrogen and oxygen atoms in total. The first-order valence-corrected chi connectivity index (χ1v) is 13.0. The van der Waals surface area contributed by atoms with Gasteiger partial charge in [-0.05, 0) is 47.3 Å². The van der Waals surface area contributed by atoms with Gasteiger partial charge in [0.2, 0.25) is 0 Å². The predicted molar refractivity (Wildman–Crippen MR) is 126 cm³/mol. The molecule has 0 saturated heterocycles. The summed E-state index contributed by atoms with van der Waals surface area (Å²) < 4.78 is 25.3. The molecule has 29 heavy (non-hydrogen) atoms. The summed E-state index contributed by atoms with van der Waals surface area (Å²) in [6.45, 7) is 29.1. The largest absolute Gasteiger partial charge is 0.679 e. The van der Waals surface area contributed by atoms with Crippen LogP contribution < -0.4 is 0 Å². The summed E-state index contributed by atoms with van der Waals surface area (Å²) >= 11 is 0. The van der Waals surface area contributed by atoms with Gasteiger partial charge >= 0.3 is 9.05 Å². The van der Waals surface area contributed by atoms with Crippen molar-refractivity contribution < 1.29 is 17.7 Å². The van der Waals surface area contributed by atoms with Gasteiger partial charge in [0.1, 0.15) is 0 Å². The molecule has 0 saturated carbocycles. The van der Waals surface area contributed by atoms with Gasteiger partial charge in [-0.3, -0.25) is 0 Å².